The minimum absolute atomic E-state index is 0.224. The second kappa shape index (κ2) is 22.9. The van der Waals surface area contributed by atoms with Gasteiger partial charge in [0.15, 0.2) is 8.32 Å². The number of alkyl carbamates (subject to hydrolysis) is 1. The van der Waals surface area contributed by atoms with Crippen LogP contribution < -0.4 is 10.6 Å². The molecule has 0 radical (unpaired) electrons. The van der Waals surface area contributed by atoms with Crippen molar-refractivity contribution in [3.8, 4) is 0 Å². The van der Waals surface area contributed by atoms with Gasteiger partial charge < -0.3 is 34.2 Å². The summed E-state index contributed by atoms with van der Waals surface area (Å²) in [6.45, 7) is 39.3. The van der Waals surface area contributed by atoms with Crippen molar-refractivity contribution in [2.24, 2.45) is 52.3 Å². The molecule has 11 atom stereocenters. The maximum Gasteiger partial charge on any atom is 0.410 e. The summed E-state index contributed by atoms with van der Waals surface area (Å²) in [6.07, 6.45) is 15.0. The maximum absolute atomic E-state index is 13.3. The minimum atomic E-state index is -1.85. The average molecular weight is 953 g/mol. The van der Waals surface area contributed by atoms with Gasteiger partial charge in [0.05, 0.1) is 12.7 Å². The SMILES string of the molecule is CC(C)C(CC[C@@H](C)[C@H]1CC[C@H]2[C@@H]3C(OCc4ccccc4)CC4CC(NCCCN(CCCCNC(=O)OC(C)(C)C)C(=O)OC(C)(C)C)CC[C@]4(C)[C@H]3CC[C@]12C)O[Si](C)(C)C(C)(C)C. The number of benzene rings is 1. The summed E-state index contributed by atoms with van der Waals surface area (Å²) >= 11 is 0. The van der Waals surface area contributed by atoms with Crippen molar-refractivity contribution in [1.82, 2.24) is 15.5 Å². The monoisotopic (exact) mass is 952 g/mol. The van der Waals surface area contributed by atoms with E-state index >= 15 is 0 Å². The lowest BCUT2D eigenvalue weighted by Gasteiger charge is -2.63. The molecule has 0 aromatic heterocycles. The van der Waals surface area contributed by atoms with E-state index in [9.17, 15) is 9.59 Å². The number of rotatable bonds is 20. The van der Waals surface area contributed by atoms with Crippen LogP contribution in [0.1, 0.15) is 186 Å². The topological polar surface area (TPSA) is 98.4 Å². The van der Waals surface area contributed by atoms with E-state index in [0.29, 0.717) is 84.7 Å². The molecule has 5 rings (SSSR count). The van der Waals surface area contributed by atoms with Crippen molar-refractivity contribution in [2.75, 3.05) is 26.2 Å². The van der Waals surface area contributed by atoms with Crippen molar-refractivity contribution < 1.29 is 28.2 Å². The molecule has 4 aliphatic carbocycles. The van der Waals surface area contributed by atoms with E-state index in [-0.39, 0.29) is 17.2 Å². The average Bonchev–Trinajstić information content (AvgIpc) is 3.57. The summed E-state index contributed by atoms with van der Waals surface area (Å²) < 4.78 is 25.6. The second-order valence-electron chi connectivity index (χ2n) is 26.4. The van der Waals surface area contributed by atoms with E-state index in [0.717, 1.165) is 38.1 Å². The number of carbonyl (C=O) groups excluding carboxylic acids is 2. The van der Waals surface area contributed by atoms with Crippen LogP contribution in [-0.4, -0.2) is 81.0 Å². The predicted octanol–water partition coefficient (Wildman–Crippen LogP) is 14.2. The quantitative estimate of drug-likeness (QED) is 0.0992. The van der Waals surface area contributed by atoms with Crippen LogP contribution in [0.15, 0.2) is 30.3 Å². The molecule has 0 spiro atoms. The Morgan fingerprint density at radius 3 is 2.06 bits per heavy atom. The Morgan fingerprint density at radius 1 is 0.776 bits per heavy atom. The van der Waals surface area contributed by atoms with E-state index in [2.05, 4.69) is 109 Å². The van der Waals surface area contributed by atoms with Gasteiger partial charge in [-0.05, 0) is 208 Å². The molecule has 0 saturated heterocycles. The summed E-state index contributed by atoms with van der Waals surface area (Å²) in [4.78, 5) is 27.3. The molecule has 0 aliphatic heterocycles. The Morgan fingerprint density at radius 2 is 1.42 bits per heavy atom. The lowest BCUT2D eigenvalue weighted by Crippen LogP contribution is -2.60. The number of nitrogens with zero attached hydrogens (tertiary/aromatic N) is 1. The van der Waals surface area contributed by atoms with Gasteiger partial charge in [-0.25, -0.2) is 9.59 Å². The Labute approximate surface area is 411 Å². The van der Waals surface area contributed by atoms with E-state index in [1.54, 1.807) is 0 Å². The van der Waals surface area contributed by atoms with Crippen molar-refractivity contribution in [3.63, 3.8) is 0 Å². The fraction of sp³-hybridized carbons (Fsp3) is 0.860. The third-order valence-corrected chi connectivity index (χ3v) is 22.3. The molecule has 10 heteroatoms. The van der Waals surface area contributed by atoms with Crippen molar-refractivity contribution >= 4 is 20.5 Å². The highest BCUT2D eigenvalue weighted by atomic mass is 28.4. The molecule has 1 aromatic carbocycles. The molecule has 2 amide bonds. The van der Waals surface area contributed by atoms with Crippen molar-refractivity contribution in [2.45, 2.75) is 235 Å². The molecule has 2 N–H and O–H groups in total. The zero-order chi connectivity index (χ0) is 49.6. The van der Waals surface area contributed by atoms with Gasteiger partial charge in [-0.15, -0.1) is 0 Å². The summed E-state index contributed by atoms with van der Waals surface area (Å²) in [7, 11) is -1.85. The predicted molar refractivity (Wildman–Crippen MR) is 279 cm³/mol. The van der Waals surface area contributed by atoms with Gasteiger partial charge in [0.2, 0.25) is 0 Å². The first kappa shape index (κ1) is 55.8. The molecule has 1 aromatic rings. The molecular formula is C57H101N3O6Si. The van der Waals surface area contributed by atoms with Crippen LogP contribution in [0.2, 0.25) is 18.1 Å². The van der Waals surface area contributed by atoms with Crippen LogP contribution in [-0.2, 0) is 25.2 Å². The third-order valence-electron chi connectivity index (χ3n) is 17.8. The molecule has 4 fully saturated rings. The molecular weight excluding hydrogens is 851 g/mol. The zero-order valence-corrected chi connectivity index (χ0v) is 46.8. The minimum Gasteiger partial charge on any atom is -0.444 e. The molecule has 4 saturated carbocycles. The largest absolute Gasteiger partial charge is 0.444 e. The first-order valence-corrected chi connectivity index (χ1v) is 30.1. The third kappa shape index (κ3) is 14.9. The number of amides is 2. The van der Waals surface area contributed by atoms with Gasteiger partial charge in [0, 0.05) is 31.8 Å². The van der Waals surface area contributed by atoms with Crippen LogP contribution in [0.5, 0.6) is 0 Å². The summed E-state index contributed by atoms with van der Waals surface area (Å²) in [5.74, 6) is 4.64. The molecule has 384 valence electrons. The first-order valence-electron chi connectivity index (χ1n) is 27.1. The lowest BCUT2D eigenvalue weighted by atomic mass is 9.43. The highest BCUT2D eigenvalue weighted by Gasteiger charge is 2.63. The van der Waals surface area contributed by atoms with Crippen LogP contribution in [0, 0.1) is 52.3 Å². The molecule has 67 heavy (non-hydrogen) atoms. The lowest BCUT2D eigenvalue weighted by molar-refractivity contribution is -0.185. The van der Waals surface area contributed by atoms with Crippen molar-refractivity contribution in [1.29, 1.82) is 0 Å². The zero-order valence-electron chi connectivity index (χ0n) is 45.8. The number of unbranched alkanes of at least 4 members (excludes halogenated alkanes) is 1. The fourth-order valence-corrected chi connectivity index (χ4v) is 14.7. The summed E-state index contributed by atoms with van der Waals surface area (Å²) in [5.41, 5.74) is 0.879. The van der Waals surface area contributed by atoms with Crippen LogP contribution >= 0.6 is 0 Å². The van der Waals surface area contributed by atoms with E-state index in [1.165, 1.54) is 63.4 Å². The van der Waals surface area contributed by atoms with Gasteiger partial charge in [0.25, 0.3) is 0 Å². The van der Waals surface area contributed by atoms with Crippen LogP contribution in [0.3, 0.4) is 0 Å². The number of nitrogens with one attached hydrogen (secondary N) is 2. The maximum atomic E-state index is 13.3. The summed E-state index contributed by atoms with van der Waals surface area (Å²) in [6, 6.07) is 11.3. The van der Waals surface area contributed by atoms with E-state index in [1.807, 2.05) is 46.4 Å². The number of hydrogen-bond acceptors (Lipinski definition) is 7. The molecule has 0 bridgehead atoms. The van der Waals surface area contributed by atoms with E-state index < -0.39 is 25.6 Å². The van der Waals surface area contributed by atoms with Crippen LogP contribution in [0.4, 0.5) is 9.59 Å². The molecule has 0 heterocycles. The standard InChI is InChI=1S/C57H101N3O6Si/c1-40(2)48(66-67(15,16)55(10,11)12)28-25-41(3)45-26-27-46-50-47(30-32-57(45,46)14)56(13)31-29-44(37-43(56)38-49(50)63-39-42-23-18-17-19-24-42)58-34-22-36-60(52(62)65-54(7,8)9)35-21-20-33-59-51(61)64-53(4,5)6/h17-19,23-24,40-41,43-50,58H,20-22,25-39H2,1-16H3,(H,59,61)/t41-,43?,44?,45-,46+,47+,48?,49?,50+,56+,57-/m1/s1. The second-order valence-corrected chi connectivity index (χ2v) is 31.1. The number of ether oxygens (including phenoxy) is 3. The summed E-state index contributed by atoms with van der Waals surface area (Å²) in [5, 5.41) is 7.05. The molecule has 4 aliphatic rings. The fourth-order valence-electron chi connectivity index (χ4n) is 13.2. The van der Waals surface area contributed by atoms with Crippen LogP contribution in [0.25, 0.3) is 0 Å². The van der Waals surface area contributed by atoms with E-state index in [4.69, 9.17) is 18.6 Å². The Balaban J connectivity index is 1.21. The highest BCUT2D eigenvalue weighted by Crippen LogP contribution is 2.69. The van der Waals surface area contributed by atoms with Gasteiger partial charge in [-0.1, -0.05) is 85.7 Å². The number of fused-ring (bicyclic) bond motifs is 5. The Bertz CT molecular complexity index is 1700. The molecule has 4 unspecified atom stereocenters. The van der Waals surface area contributed by atoms with Gasteiger partial charge >= 0.3 is 12.2 Å². The van der Waals surface area contributed by atoms with Gasteiger partial charge in [0.1, 0.15) is 11.2 Å². The first-order chi connectivity index (χ1) is 31.1. The normalized spacial score (nSPS) is 29.9. The Hall–Kier alpha value is -2.14. The highest BCUT2D eigenvalue weighted by molar-refractivity contribution is 6.74. The Kier molecular flexibility index (Phi) is 19.1. The van der Waals surface area contributed by atoms with Crippen molar-refractivity contribution in [3.05, 3.63) is 35.9 Å². The smallest absolute Gasteiger partial charge is 0.410 e. The molecule has 9 nitrogen and oxygen atoms in total. The van der Waals surface area contributed by atoms with Gasteiger partial charge in [-0.3, -0.25) is 0 Å². The number of hydrogen-bond donors (Lipinski definition) is 2. The number of carbonyl (C=O) groups is 2. The van der Waals surface area contributed by atoms with Gasteiger partial charge in [-0.2, -0.15) is 0 Å².